The lowest BCUT2D eigenvalue weighted by Gasteiger charge is -2.08. The van der Waals surface area contributed by atoms with E-state index in [-0.39, 0.29) is 11.4 Å². The maximum absolute atomic E-state index is 13.6. The lowest BCUT2D eigenvalue weighted by Crippen LogP contribution is -2.18. The molecule has 0 saturated heterocycles. The summed E-state index contributed by atoms with van der Waals surface area (Å²) in [5.74, 6) is 5.17. The summed E-state index contributed by atoms with van der Waals surface area (Å²) in [7, 11) is 1.59. The van der Waals surface area contributed by atoms with E-state index >= 15 is 0 Å². The molecule has 11 heteroatoms. The molecule has 1 aromatic heterocycles. The second-order valence-corrected chi connectivity index (χ2v) is 6.75. The van der Waals surface area contributed by atoms with Gasteiger partial charge in [0.15, 0.2) is 5.82 Å². The molecule has 0 bridgehead atoms. The van der Waals surface area contributed by atoms with E-state index in [9.17, 15) is 13.6 Å². The number of nitrogens with zero attached hydrogens (tertiary/aromatic N) is 3. The fraction of sp³-hybridized carbons (Fsp3) is 0.167. The van der Waals surface area contributed by atoms with E-state index in [0.717, 1.165) is 41.4 Å². The van der Waals surface area contributed by atoms with E-state index in [4.69, 9.17) is 10.6 Å². The zero-order chi connectivity index (χ0) is 20.8. The van der Waals surface area contributed by atoms with Gasteiger partial charge in [0.2, 0.25) is 11.1 Å². The van der Waals surface area contributed by atoms with Crippen LogP contribution in [-0.2, 0) is 11.3 Å². The van der Waals surface area contributed by atoms with Crippen LogP contribution in [0, 0.1) is 11.6 Å². The average Bonchev–Trinajstić information content (AvgIpc) is 3.07. The molecular formula is C18H18F2N6O2S. The van der Waals surface area contributed by atoms with E-state index in [1.54, 1.807) is 7.11 Å². The normalized spacial score (nSPS) is 10.6. The number of hydrogen-bond acceptors (Lipinski definition) is 7. The molecule has 29 heavy (non-hydrogen) atoms. The van der Waals surface area contributed by atoms with Crippen LogP contribution in [0.25, 0.3) is 0 Å². The molecule has 0 atom stereocenters. The van der Waals surface area contributed by atoms with Gasteiger partial charge in [-0.3, -0.25) is 4.79 Å². The highest BCUT2D eigenvalue weighted by molar-refractivity contribution is 7.99. The molecule has 3 rings (SSSR count). The predicted octanol–water partition coefficient (Wildman–Crippen LogP) is 2.62. The van der Waals surface area contributed by atoms with Crippen LogP contribution in [0.3, 0.4) is 0 Å². The molecule has 1 amide bonds. The summed E-state index contributed by atoms with van der Waals surface area (Å²) >= 11 is 1.02. The Balaban J connectivity index is 1.53. The largest absolute Gasteiger partial charge is 0.497 e. The molecule has 0 aliphatic heterocycles. The molecule has 152 valence electrons. The SMILES string of the molecule is COc1ccc(NCc2nnc(SCC(=O)Nc3cc(F)ccc3F)n2N)cc1. The van der Waals surface area contributed by atoms with Crippen LogP contribution in [0.2, 0.25) is 0 Å². The molecule has 4 N–H and O–H groups in total. The minimum atomic E-state index is -0.723. The molecule has 0 saturated carbocycles. The fourth-order valence-corrected chi connectivity index (χ4v) is 3.00. The Bertz CT molecular complexity index is 997. The molecule has 0 fully saturated rings. The van der Waals surface area contributed by atoms with E-state index in [0.29, 0.717) is 17.5 Å². The molecule has 0 radical (unpaired) electrons. The van der Waals surface area contributed by atoms with Gasteiger partial charge in [-0.25, -0.2) is 13.5 Å². The van der Waals surface area contributed by atoms with E-state index < -0.39 is 17.5 Å². The monoisotopic (exact) mass is 420 g/mol. The zero-order valence-corrected chi connectivity index (χ0v) is 16.2. The number of ether oxygens (including phenoxy) is 1. The summed E-state index contributed by atoms with van der Waals surface area (Å²) < 4.78 is 33.1. The van der Waals surface area contributed by atoms with Gasteiger partial charge < -0.3 is 21.2 Å². The van der Waals surface area contributed by atoms with Crippen LogP contribution in [0.5, 0.6) is 5.75 Å². The molecule has 0 spiro atoms. The van der Waals surface area contributed by atoms with Crippen molar-refractivity contribution >= 4 is 29.0 Å². The predicted molar refractivity (Wildman–Crippen MR) is 106 cm³/mol. The number of nitrogens with two attached hydrogens (primary N) is 1. The molecule has 0 aliphatic carbocycles. The molecule has 8 nitrogen and oxygen atoms in total. The topological polar surface area (TPSA) is 107 Å². The van der Waals surface area contributed by atoms with Crippen molar-refractivity contribution in [3.8, 4) is 5.75 Å². The first-order valence-corrected chi connectivity index (χ1v) is 9.40. The summed E-state index contributed by atoms with van der Waals surface area (Å²) in [5, 5.41) is 13.7. The van der Waals surface area contributed by atoms with Gasteiger partial charge in [0.1, 0.15) is 17.4 Å². The molecule has 2 aromatic carbocycles. The fourth-order valence-electron chi connectivity index (χ4n) is 2.33. The van der Waals surface area contributed by atoms with Gasteiger partial charge in [0, 0.05) is 11.8 Å². The van der Waals surface area contributed by atoms with Gasteiger partial charge in [-0.2, -0.15) is 0 Å². The Morgan fingerprint density at radius 3 is 2.69 bits per heavy atom. The van der Waals surface area contributed by atoms with Gasteiger partial charge >= 0.3 is 0 Å². The number of benzene rings is 2. The second-order valence-electron chi connectivity index (χ2n) is 5.81. The van der Waals surface area contributed by atoms with E-state index in [1.165, 1.54) is 4.68 Å². The van der Waals surface area contributed by atoms with Gasteiger partial charge in [-0.1, -0.05) is 11.8 Å². The van der Waals surface area contributed by atoms with Crippen molar-refractivity contribution in [2.24, 2.45) is 0 Å². The van der Waals surface area contributed by atoms with Crippen LogP contribution < -0.4 is 21.2 Å². The maximum Gasteiger partial charge on any atom is 0.234 e. The number of carbonyl (C=O) groups is 1. The number of hydrogen-bond donors (Lipinski definition) is 3. The first-order valence-electron chi connectivity index (χ1n) is 8.41. The second kappa shape index (κ2) is 9.24. The van der Waals surface area contributed by atoms with Crippen molar-refractivity contribution in [3.05, 3.63) is 59.9 Å². The summed E-state index contributed by atoms with van der Waals surface area (Å²) in [4.78, 5) is 12.0. The maximum atomic E-state index is 13.6. The van der Waals surface area contributed by atoms with Gasteiger partial charge in [0.05, 0.1) is 25.1 Å². The number of amides is 1. The lowest BCUT2D eigenvalue weighted by molar-refractivity contribution is -0.113. The first-order chi connectivity index (χ1) is 14.0. The van der Waals surface area contributed by atoms with Crippen molar-refractivity contribution < 1.29 is 18.3 Å². The third-order valence-corrected chi connectivity index (χ3v) is 4.75. The number of methoxy groups -OCH3 is 1. The van der Waals surface area contributed by atoms with Crippen molar-refractivity contribution in [2.45, 2.75) is 11.7 Å². The summed E-state index contributed by atoms with van der Waals surface area (Å²) in [6.45, 7) is 0.317. The third kappa shape index (κ3) is 5.35. The minimum absolute atomic E-state index is 0.100. The average molecular weight is 420 g/mol. The smallest absolute Gasteiger partial charge is 0.234 e. The number of halogens is 2. The quantitative estimate of drug-likeness (QED) is 0.380. The molecular weight excluding hydrogens is 402 g/mol. The highest BCUT2D eigenvalue weighted by atomic mass is 32.2. The lowest BCUT2D eigenvalue weighted by atomic mass is 10.3. The van der Waals surface area contributed by atoms with Crippen LogP contribution in [-0.4, -0.2) is 33.6 Å². The Morgan fingerprint density at radius 2 is 1.97 bits per heavy atom. The number of nitrogen functional groups attached to an aromatic ring is 1. The van der Waals surface area contributed by atoms with E-state index in [2.05, 4.69) is 20.8 Å². The van der Waals surface area contributed by atoms with Gasteiger partial charge in [-0.05, 0) is 36.4 Å². The first kappa shape index (κ1) is 20.4. The zero-order valence-electron chi connectivity index (χ0n) is 15.4. The van der Waals surface area contributed by atoms with Gasteiger partial charge in [0.25, 0.3) is 0 Å². The Hall–Kier alpha value is -3.34. The number of thioether (sulfide) groups is 1. The highest BCUT2D eigenvalue weighted by Crippen LogP contribution is 2.19. The number of aromatic nitrogens is 3. The highest BCUT2D eigenvalue weighted by Gasteiger charge is 2.14. The number of nitrogens with one attached hydrogen (secondary N) is 2. The summed E-state index contributed by atoms with van der Waals surface area (Å²) in [6.07, 6.45) is 0. The summed E-state index contributed by atoms with van der Waals surface area (Å²) in [6, 6.07) is 10.2. The standard InChI is InChI=1S/C18H18F2N6O2S/c1-28-13-5-3-12(4-6-13)22-9-16-24-25-18(26(16)21)29-10-17(27)23-15-8-11(19)2-7-14(15)20/h2-8,22H,9-10,21H2,1H3,(H,23,27). The Labute approximate surface area is 169 Å². The Kier molecular flexibility index (Phi) is 6.50. The molecule has 0 aliphatic rings. The van der Waals surface area contributed by atoms with Crippen molar-refractivity contribution in [1.82, 2.24) is 14.9 Å². The van der Waals surface area contributed by atoms with Crippen molar-refractivity contribution in [3.63, 3.8) is 0 Å². The van der Waals surface area contributed by atoms with Crippen LogP contribution in [0.4, 0.5) is 20.2 Å². The molecule has 3 aromatic rings. The summed E-state index contributed by atoms with van der Waals surface area (Å²) in [5.41, 5.74) is 0.619. The van der Waals surface area contributed by atoms with Crippen LogP contribution in [0.1, 0.15) is 5.82 Å². The van der Waals surface area contributed by atoms with Crippen molar-refractivity contribution in [2.75, 3.05) is 29.3 Å². The molecule has 0 unspecified atom stereocenters. The van der Waals surface area contributed by atoms with Crippen LogP contribution in [0.15, 0.2) is 47.6 Å². The third-order valence-electron chi connectivity index (χ3n) is 3.81. The minimum Gasteiger partial charge on any atom is -0.497 e. The Morgan fingerprint density at radius 1 is 1.21 bits per heavy atom. The van der Waals surface area contributed by atoms with Gasteiger partial charge in [-0.15, -0.1) is 10.2 Å². The number of carbonyl (C=O) groups excluding carboxylic acids is 1. The van der Waals surface area contributed by atoms with Crippen LogP contribution >= 0.6 is 11.8 Å². The van der Waals surface area contributed by atoms with Crippen molar-refractivity contribution in [1.29, 1.82) is 0 Å². The molecule has 1 heterocycles. The number of anilines is 2. The number of rotatable bonds is 8. The van der Waals surface area contributed by atoms with E-state index in [1.807, 2.05) is 24.3 Å².